The van der Waals surface area contributed by atoms with E-state index >= 15 is 0 Å². The Morgan fingerprint density at radius 3 is 2.55 bits per heavy atom. The van der Waals surface area contributed by atoms with Crippen molar-refractivity contribution in [3.8, 4) is 11.5 Å². The summed E-state index contributed by atoms with van der Waals surface area (Å²) in [7, 11) is 0. The molecular formula is C20H19ClN2O5S. The first-order valence-corrected chi connectivity index (χ1v) is 9.91. The van der Waals surface area contributed by atoms with Gasteiger partial charge in [0.2, 0.25) is 0 Å². The molecule has 0 N–H and O–H groups in total. The van der Waals surface area contributed by atoms with Gasteiger partial charge in [-0.2, -0.15) is 0 Å². The van der Waals surface area contributed by atoms with Gasteiger partial charge in [-0.25, -0.2) is 4.79 Å². The third-order valence-electron chi connectivity index (χ3n) is 4.47. The normalized spacial score (nSPS) is 13.2. The molecule has 2 aromatic carbocycles. The van der Waals surface area contributed by atoms with Crippen LogP contribution in [0.5, 0.6) is 11.5 Å². The van der Waals surface area contributed by atoms with E-state index in [1.165, 1.54) is 12.1 Å². The fourth-order valence-electron chi connectivity index (χ4n) is 3.03. The van der Waals surface area contributed by atoms with E-state index in [1.807, 2.05) is 6.92 Å². The van der Waals surface area contributed by atoms with E-state index in [-0.39, 0.29) is 22.0 Å². The first-order chi connectivity index (χ1) is 13.9. The van der Waals surface area contributed by atoms with E-state index in [9.17, 15) is 14.9 Å². The highest BCUT2D eigenvalue weighted by molar-refractivity contribution is 7.80. The Bertz CT molecular complexity index is 960. The fraction of sp³-hybridized carbons (Fsp3) is 0.300. The number of nitrogens with zero attached hydrogens (tertiary/aromatic N) is 2. The van der Waals surface area contributed by atoms with Crippen molar-refractivity contribution in [2.24, 2.45) is 0 Å². The average molecular weight is 435 g/mol. The lowest BCUT2D eigenvalue weighted by atomic mass is 10.1. The zero-order valence-electron chi connectivity index (χ0n) is 15.7. The van der Waals surface area contributed by atoms with Crippen LogP contribution in [-0.4, -0.2) is 40.5 Å². The maximum Gasteiger partial charge on any atom is 0.345 e. The van der Waals surface area contributed by atoms with Crippen molar-refractivity contribution >= 4 is 40.5 Å². The molecule has 0 radical (unpaired) electrons. The minimum atomic E-state index is -0.735. The van der Waals surface area contributed by atoms with Crippen molar-refractivity contribution in [1.82, 2.24) is 4.90 Å². The number of non-ortho nitro benzene ring substituents is 1. The molecule has 0 unspecified atom stereocenters. The number of esters is 1. The molecule has 0 amide bonds. The number of thiocarbonyl (C=S) groups is 1. The SMILES string of the molecule is CCOc1cc(C(=S)N2CCCC2)ccc1OC(=O)c1ccc([N+](=O)[O-])cc1Cl. The van der Waals surface area contributed by atoms with E-state index in [1.54, 1.807) is 18.2 Å². The van der Waals surface area contributed by atoms with E-state index in [0.29, 0.717) is 12.4 Å². The number of hydrogen-bond acceptors (Lipinski definition) is 6. The Kier molecular flexibility index (Phi) is 6.66. The van der Waals surface area contributed by atoms with Crippen LogP contribution in [-0.2, 0) is 0 Å². The number of halogens is 1. The number of nitro benzene ring substituents is 1. The number of benzene rings is 2. The fourth-order valence-corrected chi connectivity index (χ4v) is 3.60. The summed E-state index contributed by atoms with van der Waals surface area (Å²) in [5, 5.41) is 10.8. The second-order valence-electron chi connectivity index (χ2n) is 6.40. The van der Waals surface area contributed by atoms with Crippen LogP contribution in [0.3, 0.4) is 0 Å². The minimum Gasteiger partial charge on any atom is -0.490 e. The predicted octanol–water partition coefficient (Wildman–Crippen LogP) is 4.64. The smallest absolute Gasteiger partial charge is 0.345 e. The predicted molar refractivity (Wildman–Crippen MR) is 113 cm³/mol. The zero-order valence-corrected chi connectivity index (χ0v) is 17.3. The summed E-state index contributed by atoms with van der Waals surface area (Å²) in [6.45, 7) is 4.06. The van der Waals surface area contributed by atoms with Crippen molar-refractivity contribution in [3.63, 3.8) is 0 Å². The summed E-state index contributed by atoms with van der Waals surface area (Å²) in [4.78, 5) is 25.6. The molecule has 9 heteroatoms. The molecule has 29 heavy (non-hydrogen) atoms. The van der Waals surface area contributed by atoms with Gasteiger partial charge in [-0.3, -0.25) is 10.1 Å². The molecule has 0 aliphatic carbocycles. The molecule has 152 valence electrons. The molecule has 1 saturated heterocycles. The summed E-state index contributed by atoms with van der Waals surface area (Å²) in [6, 6.07) is 8.73. The lowest BCUT2D eigenvalue weighted by Gasteiger charge is -2.20. The third kappa shape index (κ3) is 4.83. The van der Waals surface area contributed by atoms with Gasteiger partial charge in [0, 0.05) is 30.8 Å². The maximum absolute atomic E-state index is 12.5. The first-order valence-electron chi connectivity index (χ1n) is 9.13. The monoisotopic (exact) mass is 434 g/mol. The lowest BCUT2D eigenvalue weighted by molar-refractivity contribution is -0.384. The second-order valence-corrected chi connectivity index (χ2v) is 7.20. The Hall–Kier alpha value is -2.71. The maximum atomic E-state index is 12.5. The molecule has 1 fully saturated rings. The van der Waals surface area contributed by atoms with Crippen molar-refractivity contribution in [2.45, 2.75) is 19.8 Å². The van der Waals surface area contributed by atoms with Gasteiger partial charge in [-0.15, -0.1) is 0 Å². The zero-order chi connectivity index (χ0) is 21.0. The lowest BCUT2D eigenvalue weighted by Crippen LogP contribution is -2.26. The van der Waals surface area contributed by atoms with Crippen LogP contribution >= 0.6 is 23.8 Å². The molecule has 0 saturated carbocycles. The van der Waals surface area contributed by atoms with Crippen molar-refractivity contribution < 1.29 is 19.2 Å². The summed E-state index contributed by atoms with van der Waals surface area (Å²) < 4.78 is 11.1. The van der Waals surface area contributed by atoms with E-state index in [2.05, 4.69) is 4.90 Å². The first kappa shape index (κ1) is 21.0. The Labute approximate surface area is 178 Å². The molecule has 1 aliphatic rings. The molecule has 0 spiro atoms. The number of rotatable bonds is 6. The number of carbonyl (C=O) groups excluding carboxylic acids is 1. The Balaban J connectivity index is 1.83. The second kappa shape index (κ2) is 9.19. The van der Waals surface area contributed by atoms with Gasteiger partial charge in [0.1, 0.15) is 4.99 Å². The van der Waals surface area contributed by atoms with Gasteiger partial charge in [0.25, 0.3) is 5.69 Å². The molecule has 0 bridgehead atoms. The number of likely N-dealkylation sites (tertiary alicyclic amines) is 1. The van der Waals surface area contributed by atoms with Gasteiger partial charge in [-0.1, -0.05) is 23.8 Å². The third-order valence-corrected chi connectivity index (χ3v) is 5.28. The summed E-state index contributed by atoms with van der Waals surface area (Å²) >= 11 is 11.6. The van der Waals surface area contributed by atoms with E-state index in [0.717, 1.165) is 42.5 Å². The van der Waals surface area contributed by atoms with Gasteiger partial charge < -0.3 is 14.4 Å². The largest absolute Gasteiger partial charge is 0.490 e. The van der Waals surface area contributed by atoms with Crippen molar-refractivity contribution in [3.05, 3.63) is 62.7 Å². The van der Waals surface area contributed by atoms with Gasteiger partial charge in [-0.05, 0) is 44.0 Å². The summed E-state index contributed by atoms with van der Waals surface area (Å²) in [6.07, 6.45) is 2.23. The van der Waals surface area contributed by atoms with Crippen LogP contribution in [0.2, 0.25) is 5.02 Å². The van der Waals surface area contributed by atoms with Crippen molar-refractivity contribution in [1.29, 1.82) is 0 Å². The van der Waals surface area contributed by atoms with Crippen LogP contribution < -0.4 is 9.47 Å². The van der Waals surface area contributed by atoms with Crippen LogP contribution in [0.4, 0.5) is 5.69 Å². The summed E-state index contributed by atoms with van der Waals surface area (Å²) in [5.41, 5.74) is 0.635. The molecule has 0 aromatic heterocycles. The van der Waals surface area contributed by atoms with Crippen LogP contribution in [0.25, 0.3) is 0 Å². The van der Waals surface area contributed by atoms with E-state index in [4.69, 9.17) is 33.3 Å². The highest BCUT2D eigenvalue weighted by Crippen LogP contribution is 2.31. The number of hydrogen-bond donors (Lipinski definition) is 0. The van der Waals surface area contributed by atoms with Crippen molar-refractivity contribution in [2.75, 3.05) is 19.7 Å². The van der Waals surface area contributed by atoms with Crippen LogP contribution in [0.1, 0.15) is 35.7 Å². The highest BCUT2D eigenvalue weighted by Gasteiger charge is 2.21. The average Bonchev–Trinajstić information content (AvgIpc) is 3.23. The molecule has 1 aliphatic heterocycles. The molecule has 0 atom stereocenters. The Morgan fingerprint density at radius 1 is 1.21 bits per heavy atom. The molecular weight excluding hydrogens is 416 g/mol. The van der Waals surface area contributed by atoms with Gasteiger partial charge in [0.15, 0.2) is 11.5 Å². The minimum absolute atomic E-state index is 0.0244. The quantitative estimate of drug-likeness (QED) is 0.215. The van der Waals surface area contributed by atoms with Gasteiger partial charge in [0.05, 0.1) is 22.1 Å². The highest BCUT2D eigenvalue weighted by atomic mass is 35.5. The number of ether oxygens (including phenoxy) is 2. The Morgan fingerprint density at radius 2 is 1.93 bits per heavy atom. The number of nitro groups is 1. The molecule has 2 aromatic rings. The molecule has 7 nitrogen and oxygen atoms in total. The number of carbonyl (C=O) groups is 1. The van der Waals surface area contributed by atoms with E-state index < -0.39 is 10.9 Å². The topological polar surface area (TPSA) is 81.9 Å². The molecule has 3 rings (SSSR count). The van der Waals surface area contributed by atoms with Gasteiger partial charge >= 0.3 is 5.97 Å². The standard InChI is InChI=1S/C20H19ClN2O5S/c1-2-27-18-11-13(19(29)22-9-3-4-10-22)5-8-17(18)28-20(24)15-7-6-14(23(25)26)12-16(15)21/h5-8,11-12H,2-4,9-10H2,1H3. The summed E-state index contributed by atoms with van der Waals surface area (Å²) in [5.74, 6) is -0.127. The molecule has 1 heterocycles. The van der Waals surface area contributed by atoms with Crippen LogP contribution in [0, 0.1) is 10.1 Å². The van der Waals surface area contributed by atoms with Crippen LogP contribution in [0.15, 0.2) is 36.4 Å².